The van der Waals surface area contributed by atoms with Crippen molar-refractivity contribution in [2.24, 2.45) is 0 Å². The Morgan fingerprint density at radius 1 is 1.04 bits per heavy atom. The van der Waals surface area contributed by atoms with Crippen molar-refractivity contribution in [2.45, 2.75) is 20.8 Å². The molecule has 3 N–H and O–H groups in total. The van der Waals surface area contributed by atoms with E-state index in [0.29, 0.717) is 24.7 Å². The van der Waals surface area contributed by atoms with Gasteiger partial charge < -0.3 is 20.7 Å². The Labute approximate surface area is 148 Å². The Bertz CT molecular complexity index is 688. The van der Waals surface area contributed by atoms with Crippen LogP contribution in [-0.2, 0) is 4.79 Å². The lowest BCUT2D eigenvalue weighted by molar-refractivity contribution is -0.123. The Hall–Kier alpha value is -2.83. The number of hydrogen-bond acceptors (Lipinski definition) is 6. The third-order valence-corrected chi connectivity index (χ3v) is 3.34. The quantitative estimate of drug-likeness (QED) is 0.605. The van der Waals surface area contributed by atoms with Gasteiger partial charge in [0.05, 0.1) is 0 Å². The molecule has 2 rings (SSSR count). The molecule has 0 saturated heterocycles. The fourth-order valence-electron chi connectivity index (χ4n) is 2.16. The van der Waals surface area contributed by atoms with E-state index in [1.54, 1.807) is 0 Å². The van der Waals surface area contributed by atoms with E-state index in [9.17, 15) is 4.79 Å². The number of benzene rings is 1. The van der Waals surface area contributed by atoms with Crippen LogP contribution >= 0.6 is 0 Å². The van der Waals surface area contributed by atoms with Crippen molar-refractivity contribution >= 4 is 17.5 Å². The molecule has 2 aromatic rings. The van der Waals surface area contributed by atoms with E-state index >= 15 is 0 Å². The average Bonchev–Trinajstić information content (AvgIpc) is 2.58. The van der Waals surface area contributed by atoms with Crippen LogP contribution in [0.1, 0.15) is 18.3 Å². The Morgan fingerprint density at radius 3 is 2.40 bits per heavy atom. The summed E-state index contributed by atoms with van der Waals surface area (Å²) < 4.78 is 5.44. The van der Waals surface area contributed by atoms with Crippen molar-refractivity contribution in [1.29, 1.82) is 0 Å². The van der Waals surface area contributed by atoms with Crippen LogP contribution in [0.5, 0.6) is 5.75 Å². The van der Waals surface area contributed by atoms with E-state index in [4.69, 9.17) is 4.74 Å². The second-order valence-electron chi connectivity index (χ2n) is 5.59. The lowest BCUT2D eigenvalue weighted by atomic mass is 10.2. The van der Waals surface area contributed by atoms with Crippen LogP contribution in [0, 0.1) is 13.8 Å². The van der Waals surface area contributed by atoms with Gasteiger partial charge in [0.1, 0.15) is 23.2 Å². The van der Waals surface area contributed by atoms with Crippen LogP contribution in [0.2, 0.25) is 0 Å². The van der Waals surface area contributed by atoms with Gasteiger partial charge in [0.15, 0.2) is 6.61 Å². The van der Waals surface area contributed by atoms with Gasteiger partial charge in [0.2, 0.25) is 0 Å². The van der Waals surface area contributed by atoms with Gasteiger partial charge in [-0.2, -0.15) is 0 Å². The first-order valence-corrected chi connectivity index (χ1v) is 8.36. The molecule has 7 heteroatoms. The zero-order valence-corrected chi connectivity index (χ0v) is 14.9. The minimum Gasteiger partial charge on any atom is -0.484 e. The first-order valence-electron chi connectivity index (χ1n) is 8.36. The summed E-state index contributed by atoms with van der Waals surface area (Å²) in [6.45, 7) is 7.71. The van der Waals surface area contributed by atoms with Crippen LogP contribution in [0.3, 0.4) is 0 Å². The van der Waals surface area contributed by atoms with Crippen molar-refractivity contribution in [3.8, 4) is 5.75 Å². The minimum absolute atomic E-state index is 0.000242. The summed E-state index contributed by atoms with van der Waals surface area (Å²) in [5.41, 5.74) is 1.15. The zero-order chi connectivity index (χ0) is 18.1. The van der Waals surface area contributed by atoms with Crippen molar-refractivity contribution in [1.82, 2.24) is 15.3 Å². The summed E-state index contributed by atoms with van der Waals surface area (Å²) in [6.07, 6.45) is 0. The highest BCUT2D eigenvalue weighted by Crippen LogP contribution is 2.11. The predicted octanol–water partition coefficient (Wildman–Crippen LogP) is 2.13. The van der Waals surface area contributed by atoms with Crippen LogP contribution in [-0.4, -0.2) is 42.1 Å². The first kappa shape index (κ1) is 18.5. The lowest BCUT2D eigenvalue weighted by Gasteiger charge is -2.10. The van der Waals surface area contributed by atoms with E-state index < -0.39 is 0 Å². The normalized spacial score (nSPS) is 10.2. The fraction of sp³-hybridized carbons (Fsp3) is 0.389. The maximum atomic E-state index is 11.8. The van der Waals surface area contributed by atoms with Crippen molar-refractivity contribution in [3.63, 3.8) is 0 Å². The molecule has 134 valence electrons. The molecular weight excluding hydrogens is 318 g/mol. The van der Waals surface area contributed by atoms with E-state index in [1.165, 1.54) is 0 Å². The highest BCUT2D eigenvalue weighted by atomic mass is 16.5. The molecule has 0 unspecified atom stereocenters. The number of carbonyl (C=O) groups excluding carboxylic acids is 1. The van der Waals surface area contributed by atoms with E-state index in [-0.39, 0.29) is 12.5 Å². The van der Waals surface area contributed by atoms with Crippen molar-refractivity contribution in [2.75, 3.05) is 36.9 Å². The van der Waals surface area contributed by atoms with Crippen LogP contribution in [0.15, 0.2) is 30.3 Å². The van der Waals surface area contributed by atoms with E-state index in [2.05, 4.69) is 25.9 Å². The summed E-state index contributed by atoms with van der Waals surface area (Å²) in [6, 6.07) is 9.44. The summed E-state index contributed by atoms with van der Waals surface area (Å²) in [7, 11) is 0. The molecule has 0 fully saturated rings. The topological polar surface area (TPSA) is 88.2 Å². The Morgan fingerprint density at radius 2 is 1.72 bits per heavy atom. The van der Waals surface area contributed by atoms with Gasteiger partial charge >= 0.3 is 0 Å². The standard InChI is InChI=1S/C18H25N5O2/c1-4-19-16-11-17(23-14(3)22-16)20-9-10-21-18(24)12-25-15-7-5-13(2)6-8-15/h5-8,11H,4,9-10,12H2,1-3H3,(H,21,24)(H2,19,20,22,23). The van der Waals surface area contributed by atoms with Gasteiger partial charge in [0, 0.05) is 25.7 Å². The highest BCUT2D eigenvalue weighted by molar-refractivity contribution is 5.77. The first-order chi connectivity index (χ1) is 12.1. The maximum Gasteiger partial charge on any atom is 0.258 e. The third kappa shape index (κ3) is 6.66. The SMILES string of the molecule is CCNc1cc(NCCNC(=O)COc2ccc(C)cc2)nc(C)n1. The van der Waals surface area contributed by atoms with Gasteiger partial charge in [0.25, 0.3) is 5.91 Å². The third-order valence-electron chi connectivity index (χ3n) is 3.34. The lowest BCUT2D eigenvalue weighted by Crippen LogP contribution is -2.32. The number of anilines is 2. The molecule has 7 nitrogen and oxygen atoms in total. The molecule has 0 aliphatic heterocycles. The van der Waals surface area contributed by atoms with Crippen molar-refractivity contribution < 1.29 is 9.53 Å². The molecule has 0 spiro atoms. The second kappa shape index (κ2) is 9.46. The van der Waals surface area contributed by atoms with Crippen LogP contribution < -0.4 is 20.7 Å². The fourth-order valence-corrected chi connectivity index (χ4v) is 2.16. The molecule has 25 heavy (non-hydrogen) atoms. The minimum atomic E-state index is -0.158. The largest absolute Gasteiger partial charge is 0.484 e. The molecule has 0 saturated carbocycles. The van der Waals surface area contributed by atoms with Gasteiger partial charge in [-0.05, 0) is 32.9 Å². The smallest absolute Gasteiger partial charge is 0.258 e. The number of rotatable bonds is 9. The number of amides is 1. The molecular formula is C18H25N5O2. The molecule has 1 heterocycles. The number of carbonyl (C=O) groups is 1. The van der Waals surface area contributed by atoms with Crippen LogP contribution in [0.25, 0.3) is 0 Å². The number of nitrogens with one attached hydrogen (secondary N) is 3. The second-order valence-corrected chi connectivity index (χ2v) is 5.59. The van der Waals surface area contributed by atoms with Gasteiger partial charge in [-0.1, -0.05) is 17.7 Å². The number of aromatic nitrogens is 2. The summed E-state index contributed by atoms with van der Waals surface area (Å²) in [4.78, 5) is 20.4. The summed E-state index contributed by atoms with van der Waals surface area (Å²) >= 11 is 0. The molecule has 0 atom stereocenters. The molecule has 0 radical (unpaired) electrons. The molecule has 0 bridgehead atoms. The Balaban J connectivity index is 1.68. The molecule has 1 aromatic carbocycles. The predicted molar refractivity (Wildman–Crippen MR) is 99.1 cm³/mol. The number of ether oxygens (including phenoxy) is 1. The highest BCUT2D eigenvalue weighted by Gasteiger charge is 2.03. The number of aryl methyl sites for hydroxylation is 2. The summed E-state index contributed by atoms with van der Waals surface area (Å²) in [5.74, 6) is 2.74. The van der Waals surface area contributed by atoms with Crippen LogP contribution in [0.4, 0.5) is 11.6 Å². The molecule has 0 aliphatic rings. The zero-order valence-electron chi connectivity index (χ0n) is 14.9. The molecule has 1 amide bonds. The number of nitrogens with zero attached hydrogens (tertiary/aromatic N) is 2. The van der Waals surface area contributed by atoms with Gasteiger partial charge in [-0.25, -0.2) is 9.97 Å². The maximum absolute atomic E-state index is 11.8. The van der Waals surface area contributed by atoms with Gasteiger partial charge in [-0.3, -0.25) is 4.79 Å². The van der Waals surface area contributed by atoms with E-state index in [0.717, 1.165) is 23.7 Å². The van der Waals surface area contributed by atoms with Gasteiger partial charge in [-0.15, -0.1) is 0 Å². The van der Waals surface area contributed by atoms with Crippen molar-refractivity contribution in [3.05, 3.63) is 41.7 Å². The average molecular weight is 343 g/mol. The van der Waals surface area contributed by atoms with E-state index in [1.807, 2.05) is 51.1 Å². The Kier molecular flexibility index (Phi) is 7.00. The molecule has 1 aromatic heterocycles. The number of hydrogen-bond donors (Lipinski definition) is 3. The monoisotopic (exact) mass is 343 g/mol. The molecule has 0 aliphatic carbocycles. The summed E-state index contributed by atoms with van der Waals surface area (Å²) in [5, 5.41) is 9.13.